The molecule has 0 radical (unpaired) electrons. The standard InChI is InChI=1S/C28H25F2NO4/c1-16-11-18-5-3-4-6-19(18)25(20(16)12-23(32)33)26-22(35-28(2,14-29)15-30)13-21-24-17(8-10-34-21)7-9-31-27(24)26/h3-7,9,11,13H,8,10,12,14-15H2,1-2H3,(H,32,33). The molecule has 0 saturated carbocycles. The van der Waals surface area contributed by atoms with Crippen LogP contribution in [0.3, 0.4) is 0 Å². The molecule has 3 aromatic carbocycles. The first-order chi connectivity index (χ1) is 16.8. The number of hydrogen-bond donors (Lipinski definition) is 1. The molecule has 180 valence electrons. The van der Waals surface area contributed by atoms with Crippen molar-refractivity contribution in [2.75, 3.05) is 20.0 Å². The zero-order valence-corrected chi connectivity index (χ0v) is 19.5. The molecule has 0 unspecified atom stereocenters. The maximum absolute atomic E-state index is 13.9. The van der Waals surface area contributed by atoms with Crippen LogP contribution >= 0.6 is 0 Å². The summed E-state index contributed by atoms with van der Waals surface area (Å²) in [6, 6.07) is 13.2. The number of rotatable bonds is 7. The largest absolute Gasteiger partial charge is 0.492 e. The molecule has 0 aliphatic carbocycles. The van der Waals surface area contributed by atoms with Crippen LogP contribution < -0.4 is 9.47 Å². The van der Waals surface area contributed by atoms with Gasteiger partial charge in [-0.3, -0.25) is 9.78 Å². The van der Waals surface area contributed by atoms with Gasteiger partial charge in [-0.1, -0.05) is 30.3 Å². The van der Waals surface area contributed by atoms with E-state index in [4.69, 9.17) is 9.47 Å². The highest BCUT2D eigenvalue weighted by Crippen LogP contribution is 2.48. The number of fused-ring (bicyclic) bond motifs is 1. The lowest BCUT2D eigenvalue weighted by Crippen LogP contribution is -2.37. The Kier molecular flexibility index (Phi) is 5.79. The first-order valence-corrected chi connectivity index (χ1v) is 11.5. The van der Waals surface area contributed by atoms with E-state index >= 15 is 0 Å². The van der Waals surface area contributed by atoms with Gasteiger partial charge in [-0.2, -0.15) is 0 Å². The van der Waals surface area contributed by atoms with Gasteiger partial charge in [-0.15, -0.1) is 0 Å². The quantitative estimate of drug-likeness (QED) is 0.354. The number of benzene rings is 3. The van der Waals surface area contributed by atoms with Crippen LogP contribution in [0.2, 0.25) is 0 Å². The minimum atomic E-state index is -1.71. The highest BCUT2D eigenvalue weighted by atomic mass is 19.1. The topological polar surface area (TPSA) is 68.7 Å². The average Bonchev–Trinajstić information content (AvgIpc) is 2.85. The monoisotopic (exact) mass is 477 g/mol. The molecule has 2 heterocycles. The average molecular weight is 478 g/mol. The van der Waals surface area contributed by atoms with Gasteiger partial charge in [0.15, 0.2) is 5.60 Å². The predicted octanol–water partition coefficient (Wildman–Crippen LogP) is 6.00. The number of aromatic nitrogens is 1. The van der Waals surface area contributed by atoms with Gasteiger partial charge < -0.3 is 14.6 Å². The van der Waals surface area contributed by atoms with E-state index in [0.29, 0.717) is 41.0 Å². The lowest BCUT2D eigenvalue weighted by atomic mass is 9.86. The Balaban J connectivity index is 1.95. The SMILES string of the molecule is Cc1cc2ccccc2c(-c2c(OC(C)(CF)CF)cc3c4c(ccnc24)CCO3)c1CC(=O)O. The zero-order valence-electron chi connectivity index (χ0n) is 19.5. The molecular formula is C28H25F2NO4. The molecule has 5 rings (SSSR count). The van der Waals surface area contributed by atoms with Gasteiger partial charge in [0.25, 0.3) is 0 Å². The third kappa shape index (κ3) is 3.95. The molecule has 1 aliphatic heterocycles. The summed E-state index contributed by atoms with van der Waals surface area (Å²) < 4.78 is 39.8. The Hall–Kier alpha value is -3.74. The van der Waals surface area contributed by atoms with Crippen molar-refractivity contribution in [3.8, 4) is 22.6 Å². The van der Waals surface area contributed by atoms with Crippen molar-refractivity contribution in [2.45, 2.75) is 32.3 Å². The Morgan fingerprint density at radius 3 is 2.69 bits per heavy atom. The molecule has 0 fully saturated rings. The number of carboxylic acid groups (broad SMARTS) is 1. The molecule has 0 atom stereocenters. The number of ether oxygens (including phenoxy) is 2. The van der Waals surface area contributed by atoms with Gasteiger partial charge in [-0.05, 0) is 52.9 Å². The van der Waals surface area contributed by atoms with Gasteiger partial charge in [0.05, 0.1) is 24.1 Å². The number of pyridine rings is 1. The maximum atomic E-state index is 13.9. The maximum Gasteiger partial charge on any atom is 0.307 e. The van der Waals surface area contributed by atoms with Crippen molar-refractivity contribution < 1.29 is 28.2 Å². The number of aliphatic carboxylic acids is 1. The summed E-state index contributed by atoms with van der Waals surface area (Å²) in [6.45, 7) is 1.61. The zero-order chi connectivity index (χ0) is 24.7. The van der Waals surface area contributed by atoms with Crippen molar-refractivity contribution >= 4 is 27.6 Å². The molecule has 5 nitrogen and oxygen atoms in total. The van der Waals surface area contributed by atoms with Crippen molar-refractivity contribution in [3.63, 3.8) is 0 Å². The van der Waals surface area contributed by atoms with E-state index in [1.54, 1.807) is 12.3 Å². The predicted molar refractivity (Wildman–Crippen MR) is 131 cm³/mol. The van der Waals surface area contributed by atoms with E-state index in [9.17, 15) is 18.7 Å². The highest BCUT2D eigenvalue weighted by Gasteiger charge is 2.32. The fourth-order valence-corrected chi connectivity index (χ4v) is 4.81. The molecule has 1 aromatic heterocycles. The number of alkyl halides is 2. The second-order valence-electron chi connectivity index (χ2n) is 9.20. The smallest absolute Gasteiger partial charge is 0.307 e. The van der Waals surface area contributed by atoms with Gasteiger partial charge in [0.1, 0.15) is 24.8 Å². The summed E-state index contributed by atoms with van der Waals surface area (Å²) in [5.74, 6) is -0.243. The number of halogens is 2. The summed E-state index contributed by atoms with van der Waals surface area (Å²) in [7, 11) is 0. The molecule has 35 heavy (non-hydrogen) atoms. The van der Waals surface area contributed by atoms with E-state index < -0.39 is 24.9 Å². The molecule has 0 spiro atoms. The van der Waals surface area contributed by atoms with Crippen LogP contribution in [0, 0.1) is 6.92 Å². The number of aryl methyl sites for hydroxylation is 1. The number of hydrogen-bond acceptors (Lipinski definition) is 4. The highest BCUT2D eigenvalue weighted by molar-refractivity contribution is 6.10. The minimum Gasteiger partial charge on any atom is -0.492 e. The Morgan fingerprint density at radius 2 is 1.94 bits per heavy atom. The summed E-state index contributed by atoms with van der Waals surface area (Å²) in [6.07, 6.45) is 2.15. The second kappa shape index (κ2) is 8.80. The van der Waals surface area contributed by atoms with E-state index in [1.807, 2.05) is 43.3 Å². The van der Waals surface area contributed by atoms with Crippen LogP contribution in [0.25, 0.3) is 32.8 Å². The van der Waals surface area contributed by atoms with Crippen LogP contribution in [0.5, 0.6) is 11.5 Å². The summed E-state index contributed by atoms with van der Waals surface area (Å²) in [5, 5.41) is 12.3. The van der Waals surface area contributed by atoms with Crippen LogP contribution in [0.1, 0.15) is 23.6 Å². The van der Waals surface area contributed by atoms with Crippen LogP contribution in [-0.2, 0) is 17.6 Å². The second-order valence-corrected chi connectivity index (χ2v) is 9.20. The van der Waals surface area contributed by atoms with E-state index in [2.05, 4.69) is 4.98 Å². The van der Waals surface area contributed by atoms with E-state index in [0.717, 1.165) is 27.3 Å². The van der Waals surface area contributed by atoms with Crippen LogP contribution in [0.15, 0.2) is 48.7 Å². The number of carboxylic acids is 1. The molecule has 0 amide bonds. The van der Waals surface area contributed by atoms with Crippen molar-refractivity contribution in [1.82, 2.24) is 4.98 Å². The normalized spacial score (nSPS) is 13.1. The first kappa shape index (κ1) is 23.0. The fraction of sp³-hybridized carbons (Fsp3) is 0.286. The first-order valence-electron chi connectivity index (χ1n) is 11.5. The van der Waals surface area contributed by atoms with Gasteiger partial charge in [-0.25, -0.2) is 8.78 Å². The number of nitrogens with zero attached hydrogens (tertiary/aromatic N) is 1. The molecule has 4 aromatic rings. The lowest BCUT2D eigenvalue weighted by molar-refractivity contribution is -0.136. The summed E-state index contributed by atoms with van der Waals surface area (Å²) in [4.78, 5) is 16.6. The van der Waals surface area contributed by atoms with Crippen molar-refractivity contribution in [2.24, 2.45) is 0 Å². The van der Waals surface area contributed by atoms with Crippen molar-refractivity contribution in [1.29, 1.82) is 0 Å². The Bertz CT molecular complexity index is 1460. The fourth-order valence-electron chi connectivity index (χ4n) is 4.81. The van der Waals surface area contributed by atoms with E-state index in [-0.39, 0.29) is 12.2 Å². The van der Waals surface area contributed by atoms with E-state index in [1.165, 1.54) is 6.92 Å². The molecule has 0 saturated heterocycles. The van der Waals surface area contributed by atoms with Crippen LogP contribution in [-0.4, -0.2) is 41.6 Å². The summed E-state index contributed by atoms with van der Waals surface area (Å²) >= 11 is 0. The van der Waals surface area contributed by atoms with Crippen LogP contribution in [0.4, 0.5) is 8.78 Å². The molecule has 0 bridgehead atoms. The van der Waals surface area contributed by atoms with Crippen molar-refractivity contribution in [3.05, 3.63) is 65.4 Å². The molecular weight excluding hydrogens is 452 g/mol. The van der Waals surface area contributed by atoms with Gasteiger partial charge in [0, 0.05) is 24.1 Å². The molecule has 7 heteroatoms. The summed E-state index contributed by atoms with van der Waals surface area (Å²) in [5.41, 5.74) is 2.43. The molecule has 1 aliphatic rings. The Morgan fingerprint density at radius 1 is 1.17 bits per heavy atom. The third-order valence-corrected chi connectivity index (χ3v) is 6.54. The number of carbonyl (C=O) groups is 1. The van der Waals surface area contributed by atoms with Gasteiger partial charge in [0.2, 0.25) is 0 Å². The third-order valence-electron chi connectivity index (χ3n) is 6.54. The lowest BCUT2D eigenvalue weighted by Gasteiger charge is -2.29. The Labute approximate surface area is 201 Å². The minimum absolute atomic E-state index is 0.208. The molecule has 1 N–H and O–H groups in total. The van der Waals surface area contributed by atoms with Gasteiger partial charge >= 0.3 is 5.97 Å².